The van der Waals surface area contributed by atoms with Gasteiger partial charge in [0.1, 0.15) is 5.82 Å². The summed E-state index contributed by atoms with van der Waals surface area (Å²) in [5.41, 5.74) is 0.334. The first-order chi connectivity index (χ1) is 13.5. The topological polar surface area (TPSA) is 72.5 Å². The van der Waals surface area contributed by atoms with Gasteiger partial charge >= 0.3 is 5.97 Å². The molecular weight excluding hydrogens is 381 g/mol. The van der Waals surface area contributed by atoms with Gasteiger partial charge in [-0.05, 0) is 48.6 Å². The minimum absolute atomic E-state index is 0.0528. The number of amides is 1. The van der Waals surface area contributed by atoms with Crippen molar-refractivity contribution in [2.24, 2.45) is 0 Å². The van der Waals surface area contributed by atoms with Crippen molar-refractivity contribution in [2.45, 2.75) is 24.2 Å². The molecule has 0 unspecified atom stereocenters. The first-order valence-corrected chi connectivity index (χ1v) is 9.92. The van der Waals surface area contributed by atoms with E-state index in [1.807, 2.05) is 30.3 Å². The summed E-state index contributed by atoms with van der Waals surface area (Å²) >= 11 is 1.71. The molecule has 0 bridgehead atoms. The van der Waals surface area contributed by atoms with Crippen molar-refractivity contribution in [3.8, 4) is 0 Å². The first kappa shape index (κ1) is 21.6. The van der Waals surface area contributed by atoms with Crippen molar-refractivity contribution in [3.63, 3.8) is 0 Å². The lowest BCUT2D eigenvalue weighted by molar-refractivity contribution is -0.148. The molecule has 0 aliphatic carbocycles. The molecule has 0 fully saturated rings. The molecule has 0 aliphatic rings. The highest BCUT2D eigenvalue weighted by Gasteiger charge is 2.12. The normalized spacial score (nSPS) is 10.3. The summed E-state index contributed by atoms with van der Waals surface area (Å²) in [5.74, 6) is -0.832. The Bertz CT molecular complexity index is 781. The molecule has 0 aliphatic heterocycles. The third-order valence-electron chi connectivity index (χ3n) is 3.74. The van der Waals surface area contributed by atoms with Crippen LogP contribution in [0.2, 0.25) is 0 Å². The van der Waals surface area contributed by atoms with Gasteiger partial charge in [-0.3, -0.25) is 14.4 Å². The molecule has 5 nitrogen and oxygen atoms in total. The molecular formula is C21H22FNO4S. The molecule has 0 radical (unpaired) electrons. The predicted molar refractivity (Wildman–Crippen MR) is 106 cm³/mol. The lowest BCUT2D eigenvalue weighted by Gasteiger charge is -2.07. The van der Waals surface area contributed by atoms with Crippen molar-refractivity contribution in [1.82, 2.24) is 5.32 Å². The van der Waals surface area contributed by atoms with Crippen LogP contribution < -0.4 is 5.32 Å². The molecule has 0 heterocycles. The minimum atomic E-state index is -0.620. The molecule has 2 aromatic rings. The Kier molecular flexibility index (Phi) is 9.21. The highest BCUT2D eigenvalue weighted by atomic mass is 32.2. The van der Waals surface area contributed by atoms with Gasteiger partial charge in [0.2, 0.25) is 0 Å². The highest BCUT2D eigenvalue weighted by molar-refractivity contribution is 7.99. The molecule has 28 heavy (non-hydrogen) atoms. The number of ketones is 1. The smallest absolute Gasteiger partial charge is 0.306 e. The zero-order valence-electron chi connectivity index (χ0n) is 15.4. The largest absolute Gasteiger partial charge is 0.456 e. The second kappa shape index (κ2) is 11.9. The van der Waals surface area contributed by atoms with Gasteiger partial charge in [-0.1, -0.05) is 18.2 Å². The van der Waals surface area contributed by atoms with Gasteiger partial charge in [-0.15, -0.1) is 11.8 Å². The summed E-state index contributed by atoms with van der Waals surface area (Å²) in [6, 6.07) is 15.1. The van der Waals surface area contributed by atoms with E-state index in [9.17, 15) is 18.8 Å². The van der Waals surface area contributed by atoms with Gasteiger partial charge in [-0.2, -0.15) is 0 Å². The maximum Gasteiger partial charge on any atom is 0.306 e. The number of thioether (sulfide) groups is 1. The average molecular weight is 403 g/mol. The van der Waals surface area contributed by atoms with Crippen molar-refractivity contribution < 1.29 is 23.5 Å². The fourth-order valence-electron chi connectivity index (χ4n) is 2.27. The number of nitrogens with one attached hydrogen (secondary N) is 1. The van der Waals surface area contributed by atoms with Crippen LogP contribution in [-0.4, -0.2) is 36.6 Å². The Morgan fingerprint density at radius 3 is 2.39 bits per heavy atom. The number of halogens is 1. The zero-order valence-corrected chi connectivity index (χ0v) is 16.2. The Morgan fingerprint density at radius 1 is 0.964 bits per heavy atom. The quantitative estimate of drug-likeness (QED) is 0.268. The van der Waals surface area contributed by atoms with E-state index >= 15 is 0 Å². The number of hydrogen-bond donors (Lipinski definition) is 1. The Morgan fingerprint density at radius 2 is 1.68 bits per heavy atom. The third-order valence-corrected chi connectivity index (χ3v) is 4.84. The second-order valence-electron chi connectivity index (χ2n) is 5.96. The van der Waals surface area contributed by atoms with Crippen molar-refractivity contribution in [3.05, 3.63) is 66.0 Å². The number of hydrogen-bond acceptors (Lipinski definition) is 5. The molecule has 0 atom stereocenters. The molecule has 0 aromatic heterocycles. The fourth-order valence-corrected chi connectivity index (χ4v) is 3.15. The maximum atomic E-state index is 12.8. The fraction of sp³-hybridized carbons (Fsp3) is 0.286. The van der Waals surface area contributed by atoms with E-state index in [-0.39, 0.29) is 31.1 Å². The lowest BCUT2D eigenvalue weighted by atomic mass is 10.1. The van der Waals surface area contributed by atoms with E-state index in [1.165, 1.54) is 29.2 Å². The van der Waals surface area contributed by atoms with Gasteiger partial charge in [0.25, 0.3) is 5.91 Å². The van der Waals surface area contributed by atoms with Crippen molar-refractivity contribution >= 4 is 29.4 Å². The number of carbonyl (C=O) groups excluding carboxylic acids is 3. The molecule has 7 heteroatoms. The number of Topliss-reactive ketones (excluding diaryl/α,β-unsaturated/α-hetero) is 1. The number of esters is 1. The van der Waals surface area contributed by atoms with Crippen LogP contribution in [-0.2, 0) is 14.3 Å². The summed E-state index contributed by atoms with van der Waals surface area (Å²) in [6.45, 7) is 0.134. The van der Waals surface area contributed by atoms with Crippen LogP contribution in [0.5, 0.6) is 0 Å². The van der Waals surface area contributed by atoms with Crippen LogP contribution in [0, 0.1) is 5.82 Å². The van der Waals surface area contributed by atoms with Crippen molar-refractivity contribution in [1.29, 1.82) is 0 Å². The van der Waals surface area contributed by atoms with Gasteiger partial charge < -0.3 is 10.1 Å². The molecule has 2 rings (SSSR count). The van der Waals surface area contributed by atoms with Crippen LogP contribution in [0.25, 0.3) is 0 Å². The van der Waals surface area contributed by atoms with E-state index < -0.39 is 11.8 Å². The van der Waals surface area contributed by atoms with Gasteiger partial charge in [-0.25, -0.2) is 4.39 Å². The third kappa shape index (κ3) is 8.35. The summed E-state index contributed by atoms with van der Waals surface area (Å²) in [7, 11) is 0. The molecule has 2 aromatic carbocycles. The summed E-state index contributed by atoms with van der Waals surface area (Å²) in [6.07, 6.45) is 0.616. The zero-order chi connectivity index (χ0) is 20.2. The lowest BCUT2D eigenvalue weighted by Crippen LogP contribution is -2.29. The first-order valence-electron chi connectivity index (χ1n) is 8.93. The number of rotatable bonds is 11. The molecule has 148 valence electrons. The second-order valence-corrected chi connectivity index (χ2v) is 7.12. The Labute approximate surface area is 167 Å². The van der Waals surface area contributed by atoms with Crippen LogP contribution in [0.15, 0.2) is 59.5 Å². The number of ether oxygens (including phenoxy) is 1. The number of benzene rings is 2. The van der Waals surface area contributed by atoms with Gasteiger partial charge in [0.05, 0.1) is 6.42 Å². The maximum absolute atomic E-state index is 12.8. The van der Waals surface area contributed by atoms with Crippen molar-refractivity contribution in [2.75, 3.05) is 18.9 Å². The SMILES string of the molecule is O=C(COC(=O)CCC(=O)c1ccc(F)cc1)NCCCSc1ccccc1. The molecule has 0 saturated heterocycles. The molecule has 1 N–H and O–H groups in total. The van der Waals surface area contributed by atoms with E-state index in [4.69, 9.17) is 4.74 Å². The van der Waals surface area contributed by atoms with Crippen LogP contribution in [0.3, 0.4) is 0 Å². The number of carbonyl (C=O) groups is 3. The van der Waals surface area contributed by atoms with Crippen LogP contribution >= 0.6 is 11.8 Å². The molecule has 1 amide bonds. The predicted octanol–water partition coefficient (Wildman–Crippen LogP) is 3.63. The summed E-state index contributed by atoms with van der Waals surface area (Å²) in [4.78, 5) is 36.4. The van der Waals surface area contributed by atoms with E-state index in [0.717, 1.165) is 12.2 Å². The Hall–Kier alpha value is -2.67. The summed E-state index contributed by atoms with van der Waals surface area (Å²) < 4.78 is 17.7. The van der Waals surface area contributed by atoms with E-state index in [2.05, 4.69) is 5.32 Å². The van der Waals surface area contributed by atoms with Gasteiger partial charge in [0.15, 0.2) is 12.4 Å². The minimum Gasteiger partial charge on any atom is -0.456 e. The monoisotopic (exact) mass is 403 g/mol. The average Bonchev–Trinajstić information content (AvgIpc) is 2.71. The van der Waals surface area contributed by atoms with E-state index in [1.54, 1.807) is 11.8 Å². The van der Waals surface area contributed by atoms with E-state index in [0.29, 0.717) is 12.1 Å². The summed E-state index contributed by atoms with van der Waals surface area (Å²) in [5, 5.41) is 2.69. The van der Waals surface area contributed by atoms with Gasteiger partial charge in [0, 0.05) is 23.4 Å². The van der Waals surface area contributed by atoms with Crippen LogP contribution in [0.1, 0.15) is 29.6 Å². The standard InChI is InChI=1S/C21H22FNO4S/c22-17-9-7-16(8-10-17)19(24)11-12-21(26)27-15-20(25)23-13-4-14-28-18-5-2-1-3-6-18/h1-3,5-10H,4,11-15H2,(H,23,25). The van der Waals surface area contributed by atoms with Crippen LogP contribution in [0.4, 0.5) is 4.39 Å². The molecule has 0 spiro atoms. The highest BCUT2D eigenvalue weighted by Crippen LogP contribution is 2.17. The Balaban J connectivity index is 1.53. The molecule has 0 saturated carbocycles.